The fourth-order valence-corrected chi connectivity index (χ4v) is 2.08. The molecule has 2 rings (SSSR count). The van der Waals surface area contributed by atoms with E-state index < -0.39 is 5.97 Å². The second-order valence-corrected chi connectivity index (χ2v) is 4.13. The van der Waals surface area contributed by atoms with Gasteiger partial charge in [0.1, 0.15) is 11.3 Å². The van der Waals surface area contributed by atoms with Crippen LogP contribution in [0, 0.1) is 6.92 Å². The third-order valence-electron chi connectivity index (χ3n) is 1.94. The number of aromatic nitrogens is 1. The molecule has 0 aliphatic heterocycles. The van der Waals surface area contributed by atoms with Crippen LogP contribution < -0.4 is 0 Å². The van der Waals surface area contributed by atoms with Crippen molar-refractivity contribution in [1.29, 1.82) is 0 Å². The Balaban J connectivity index is 2.41. The molecule has 2 aromatic heterocycles. The highest BCUT2D eigenvalue weighted by Crippen LogP contribution is 2.27. The van der Waals surface area contributed by atoms with E-state index in [9.17, 15) is 4.79 Å². The molecular weight excluding hydrogens is 214 g/mol. The van der Waals surface area contributed by atoms with Gasteiger partial charge in [-0.1, -0.05) is 0 Å². The zero-order valence-corrected chi connectivity index (χ0v) is 9.13. The molecule has 0 aliphatic rings. The Morgan fingerprint density at radius 2 is 2.40 bits per heavy atom. The largest absolute Gasteiger partial charge is 0.472 e. The highest BCUT2D eigenvalue weighted by atomic mass is 32.1. The summed E-state index contributed by atoms with van der Waals surface area (Å²) in [6.07, 6.45) is 3.17. The molecule has 2 heterocycles. The first kappa shape index (κ1) is 9.92. The lowest BCUT2D eigenvalue weighted by Crippen LogP contribution is -2.02. The number of carbonyl (C=O) groups excluding carboxylic acids is 1. The predicted molar refractivity (Wildman–Crippen MR) is 55.9 cm³/mol. The van der Waals surface area contributed by atoms with E-state index in [1.54, 1.807) is 18.6 Å². The molecule has 0 radical (unpaired) electrons. The third-order valence-corrected chi connectivity index (χ3v) is 2.96. The van der Waals surface area contributed by atoms with Gasteiger partial charge in [-0.3, -0.25) is 0 Å². The number of methoxy groups -OCH3 is 1. The van der Waals surface area contributed by atoms with Gasteiger partial charge in [0.05, 0.1) is 13.4 Å². The number of ether oxygens (including phenoxy) is 1. The minimum atomic E-state index is -0.404. The quantitative estimate of drug-likeness (QED) is 0.734. The van der Waals surface area contributed by atoms with E-state index in [1.807, 2.05) is 6.92 Å². The summed E-state index contributed by atoms with van der Waals surface area (Å²) in [4.78, 5) is 16.4. The Hall–Kier alpha value is -1.62. The highest BCUT2D eigenvalue weighted by Gasteiger charge is 2.16. The van der Waals surface area contributed by atoms with Crippen molar-refractivity contribution in [2.75, 3.05) is 7.11 Å². The lowest BCUT2D eigenvalue weighted by molar-refractivity contribution is 0.0594. The molecule has 0 aliphatic carbocycles. The molecule has 5 heteroatoms. The zero-order valence-electron chi connectivity index (χ0n) is 8.31. The van der Waals surface area contributed by atoms with E-state index in [1.165, 1.54) is 18.4 Å². The second-order valence-electron chi connectivity index (χ2n) is 2.93. The minimum absolute atomic E-state index is 0.374. The summed E-state index contributed by atoms with van der Waals surface area (Å²) >= 11 is 1.44. The van der Waals surface area contributed by atoms with Crippen LogP contribution in [-0.2, 0) is 4.74 Å². The topological polar surface area (TPSA) is 52.3 Å². The molecule has 0 saturated carbocycles. The van der Waals surface area contributed by atoms with Gasteiger partial charge in [0, 0.05) is 10.4 Å². The Labute approximate surface area is 90.5 Å². The fraction of sp³-hybridized carbons (Fsp3) is 0.200. The van der Waals surface area contributed by atoms with Crippen LogP contribution in [0.15, 0.2) is 23.0 Å². The molecule has 0 saturated heterocycles. The number of furan rings is 1. The molecular formula is C10H9NO3S. The van der Waals surface area contributed by atoms with E-state index in [0.717, 1.165) is 15.4 Å². The molecule has 0 fully saturated rings. The molecule has 15 heavy (non-hydrogen) atoms. The summed E-state index contributed by atoms with van der Waals surface area (Å²) in [5.41, 5.74) is 1.25. The van der Waals surface area contributed by atoms with Crippen LogP contribution in [0.3, 0.4) is 0 Å². The second kappa shape index (κ2) is 3.86. The maximum absolute atomic E-state index is 11.3. The molecule has 0 N–H and O–H groups in total. The molecule has 0 aromatic carbocycles. The van der Waals surface area contributed by atoms with Crippen LogP contribution in [-0.4, -0.2) is 18.1 Å². The van der Waals surface area contributed by atoms with Gasteiger partial charge in [0.2, 0.25) is 0 Å². The monoisotopic (exact) mass is 223 g/mol. The molecule has 0 atom stereocenters. The van der Waals surface area contributed by atoms with Gasteiger partial charge in [-0.2, -0.15) is 0 Å². The molecule has 4 nitrogen and oxygen atoms in total. The normalized spacial score (nSPS) is 10.3. The smallest absolute Gasteiger partial charge is 0.357 e. The van der Waals surface area contributed by atoms with Gasteiger partial charge >= 0.3 is 5.97 Å². The number of hydrogen-bond donors (Lipinski definition) is 0. The number of hydrogen-bond acceptors (Lipinski definition) is 5. The molecule has 2 aromatic rings. The first-order valence-corrected chi connectivity index (χ1v) is 5.12. The van der Waals surface area contributed by atoms with E-state index in [4.69, 9.17) is 4.42 Å². The number of nitrogens with zero attached hydrogens (tertiary/aromatic N) is 1. The Morgan fingerprint density at radius 1 is 1.60 bits per heavy atom. The van der Waals surface area contributed by atoms with Gasteiger partial charge in [-0.15, -0.1) is 11.3 Å². The van der Waals surface area contributed by atoms with Crippen LogP contribution in [0.5, 0.6) is 0 Å². The molecule has 0 bridgehead atoms. The van der Waals surface area contributed by atoms with E-state index in [0.29, 0.717) is 5.69 Å². The Bertz CT molecular complexity index is 473. The number of esters is 1. The van der Waals surface area contributed by atoms with Crippen molar-refractivity contribution in [2.45, 2.75) is 6.92 Å². The standard InChI is InChI=1S/C10H9NO3S/c1-6-8(10(12)13-2)11-9(15-6)7-3-4-14-5-7/h3-5H,1-2H3. The number of carbonyl (C=O) groups is 1. The first-order valence-electron chi connectivity index (χ1n) is 4.30. The van der Waals surface area contributed by atoms with Crippen molar-refractivity contribution in [2.24, 2.45) is 0 Å². The van der Waals surface area contributed by atoms with Crippen molar-refractivity contribution < 1.29 is 13.9 Å². The van der Waals surface area contributed by atoms with Gasteiger partial charge in [-0.05, 0) is 13.0 Å². The summed E-state index contributed by atoms with van der Waals surface area (Å²) in [5, 5.41) is 0.765. The minimum Gasteiger partial charge on any atom is -0.472 e. The van der Waals surface area contributed by atoms with Crippen molar-refractivity contribution in [3.8, 4) is 10.6 Å². The van der Waals surface area contributed by atoms with E-state index in [2.05, 4.69) is 9.72 Å². The molecule has 78 valence electrons. The van der Waals surface area contributed by atoms with E-state index in [-0.39, 0.29) is 0 Å². The molecule has 0 amide bonds. The van der Waals surface area contributed by atoms with Crippen molar-refractivity contribution >= 4 is 17.3 Å². The summed E-state index contributed by atoms with van der Waals surface area (Å²) in [7, 11) is 1.35. The van der Waals surface area contributed by atoms with Crippen molar-refractivity contribution in [3.05, 3.63) is 29.2 Å². The summed E-state index contributed by atoms with van der Waals surface area (Å²) in [6, 6.07) is 1.80. The van der Waals surface area contributed by atoms with Gasteiger partial charge in [0.25, 0.3) is 0 Å². The predicted octanol–water partition coefficient (Wildman–Crippen LogP) is 2.50. The average Bonchev–Trinajstić information content (AvgIpc) is 2.84. The van der Waals surface area contributed by atoms with Crippen LogP contribution >= 0.6 is 11.3 Å². The summed E-state index contributed by atoms with van der Waals surface area (Å²) < 4.78 is 9.58. The van der Waals surface area contributed by atoms with Gasteiger partial charge in [0.15, 0.2) is 5.69 Å². The summed E-state index contributed by atoms with van der Waals surface area (Å²) in [5.74, 6) is -0.404. The fourth-order valence-electron chi connectivity index (χ4n) is 1.19. The van der Waals surface area contributed by atoms with Crippen LogP contribution in [0.1, 0.15) is 15.4 Å². The molecule has 0 unspecified atom stereocenters. The Morgan fingerprint density at radius 3 is 3.00 bits per heavy atom. The van der Waals surface area contributed by atoms with Crippen molar-refractivity contribution in [3.63, 3.8) is 0 Å². The molecule has 0 spiro atoms. The highest BCUT2D eigenvalue weighted by molar-refractivity contribution is 7.15. The van der Waals surface area contributed by atoms with Crippen LogP contribution in [0.4, 0.5) is 0 Å². The van der Waals surface area contributed by atoms with Gasteiger partial charge in [-0.25, -0.2) is 9.78 Å². The maximum atomic E-state index is 11.3. The number of aryl methyl sites for hydroxylation is 1. The Kier molecular flexibility index (Phi) is 2.55. The van der Waals surface area contributed by atoms with Gasteiger partial charge < -0.3 is 9.15 Å². The zero-order chi connectivity index (χ0) is 10.8. The lowest BCUT2D eigenvalue weighted by atomic mass is 10.3. The SMILES string of the molecule is COC(=O)c1nc(-c2ccoc2)sc1C. The van der Waals surface area contributed by atoms with Crippen molar-refractivity contribution in [1.82, 2.24) is 4.98 Å². The van der Waals surface area contributed by atoms with Crippen LogP contribution in [0.2, 0.25) is 0 Å². The third kappa shape index (κ3) is 1.78. The van der Waals surface area contributed by atoms with Crippen LogP contribution in [0.25, 0.3) is 10.6 Å². The van der Waals surface area contributed by atoms with E-state index >= 15 is 0 Å². The first-order chi connectivity index (χ1) is 7.22. The maximum Gasteiger partial charge on any atom is 0.357 e. The lowest BCUT2D eigenvalue weighted by Gasteiger charge is -1.93. The summed E-state index contributed by atoms with van der Waals surface area (Å²) in [6.45, 7) is 1.84. The number of thiazole rings is 1. The average molecular weight is 223 g/mol. The number of rotatable bonds is 2.